The monoisotopic (exact) mass is 305 g/mol. The first kappa shape index (κ1) is 13.6. The second-order valence-electron chi connectivity index (χ2n) is 4.89. The van der Waals surface area contributed by atoms with Crippen LogP contribution in [-0.4, -0.2) is 5.78 Å². The number of carbonyl (C=O) groups is 1. The van der Waals surface area contributed by atoms with Crippen LogP contribution >= 0.6 is 23.2 Å². The molecule has 0 unspecified atom stereocenters. The Bertz CT molecular complexity index is 662. The van der Waals surface area contributed by atoms with Gasteiger partial charge in [-0.3, -0.25) is 4.79 Å². The first-order valence-electron chi connectivity index (χ1n) is 6.44. The van der Waals surface area contributed by atoms with E-state index in [1.165, 1.54) is 11.1 Å². The van der Waals surface area contributed by atoms with Crippen LogP contribution in [0, 0.1) is 0 Å². The maximum Gasteiger partial charge on any atom is 0.167 e. The molecule has 0 atom stereocenters. The number of ketones is 1. The van der Waals surface area contributed by atoms with E-state index in [4.69, 9.17) is 23.2 Å². The van der Waals surface area contributed by atoms with Gasteiger partial charge in [-0.2, -0.15) is 0 Å². The summed E-state index contributed by atoms with van der Waals surface area (Å²) in [6.07, 6.45) is 0.227. The van der Waals surface area contributed by atoms with E-state index < -0.39 is 0 Å². The van der Waals surface area contributed by atoms with E-state index in [-0.39, 0.29) is 12.2 Å². The summed E-state index contributed by atoms with van der Waals surface area (Å²) in [6.45, 7) is 1.70. The zero-order valence-electron chi connectivity index (χ0n) is 10.7. The number of rotatable bonds is 3. The molecule has 0 radical (unpaired) electrons. The molecule has 0 amide bonds. The summed E-state index contributed by atoms with van der Waals surface area (Å²) < 4.78 is 0. The van der Waals surface area contributed by atoms with Gasteiger partial charge in [0.1, 0.15) is 0 Å². The highest BCUT2D eigenvalue weighted by molar-refractivity contribution is 6.36. The molecule has 3 rings (SSSR count). The number of nitrogens with one attached hydrogen (secondary N) is 1. The molecule has 1 aliphatic rings. The SMILES string of the molecule is O=C(Cc1c(Cl)cccc1Cl)c1ccc2c(c1)CNC2. The molecule has 102 valence electrons. The molecule has 4 heteroatoms. The van der Waals surface area contributed by atoms with E-state index in [1.807, 2.05) is 18.2 Å². The average molecular weight is 306 g/mol. The van der Waals surface area contributed by atoms with E-state index in [2.05, 4.69) is 5.32 Å². The molecule has 1 aliphatic heterocycles. The van der Waals surface area contributed by atoms with Crippen molar-refractivity contribution in [1.82, 2.24) is 5.32 Å². The molecule has 0 spiro atoms. The standard InChI is InChI=1S/C16H13Cl2NO/c17-14-2-1-3-15(18)13(14)7-16(20)10-4-5-11-8-19-9-12(11)6-10/h1-6,19H,7-9H2. The largest absolute Gasteiger partial charge is 0.309 e. The minimum Gasteiger partial charge on any atom is -0.309 e. The van der Waals surface area contributed by atoms with Crippen LogP contribution in [0.3, 0.4) is 0 Å². The minimum absolute atomic E-state index is 0.0368. The van der Waals surface area contributed by atoms with Crippen LogP contribution in [0.15, 0.2) is 36.4 Å². The third kappa shape index (κ3) is 2.59. The smallest absolute Gasteiger partial charge is 0.167 e. The molecule has 2 aromatic carbocycles. The molecule has 0 saturated carbocycles. The Hall–Kier alpha value is -1.35. The van der Waals surface area contributed by atoms with Gasteiger partial charge in [-0.05, 0) is 34.9 Å². The molecule has 1 heterocycles. The topological polar surface area (TPSA) is 29.1 Å². The quantitative estimate of drug-likeness (QED) is 0.868. The molecular weight excluding hydrogens is 293 g/mol. The normalized spacial score (nSPS) is 13.3. The first-order chi connectivity index (χ1) is 9.65. The van der Waals surface area contributed by atoms with Crippen molar-refractivity contribution in [2.45, 2.75) is 19.5 Å². The van der Waals surface area contributed by atoms with Crippen molar-refractivity contribution in [2.24, 2.45) is 0 Å². The summed E-state index contributed by atoms with van der Waals surface area (Å²) in [7, 11) is 0. The zero-order valence-corrected chi connectivity index (χ0v) is 12.3. The third-order valence-corrected chi connectivity index (χ3v) is 4.27. The van der Waals surface area contributed by atoms with Gasteiger partial charge in [0, 0.05) is 35.1 Å². The van der Waals surface area contributed by atoms with E-state index in [1.54, 1.807) is 18.2 Å². The molecule has 2 nitrogen and oxygen atoms in total. The molecule has 0 aromatic heterocycles. The molecule has 0 aliphatic carbocycles. The summed E-state index contributed by atoms with van der Waals surface area (Å²) >= 11 is 12.2. The van der Waals surface area contributed by atoms with Crippen LogP contribution in [0.1, 0.15) is 27.0 Å². The lowest BCUT2D eigenvalue weighted by Gasteiger charge is -2.07. The Morgan fingerprint density at radius 2 is 1.75 bits per heavy atom. The van der Waals surface area contributed by atoms with E-state index >= 15 is 0 Å². The van der Waals surface area contributed by atoms with E-state index in [0.717, 1.165) is 13.1 Å². The zero-order chi connectivity index (χ0) is 14.1. The summed E-state index contributed by atoms with van der Waals surface area (Å²) in [5, 5.41) is 4.34. The Morgan fingerprint density at radius 1 is 1.05 bits per heavy atom. The fourth-order valence-electron chi connectivity index (χ4n) is 2.43. The number of Topliss-reactive ketones (excluding diaryl/α,β-unsaturated/α-hetero) is 1. The highest BCUT2D eigenvalue weighted by Crippen LogP contribution is 2.26. The van der Waals surface area contributed by atoms with Crippen molar-refractivity contribution in [3.63, 3.8) is 0 Å². The number of fused-ring (bicyclic) bond motifs is 1. The van der Waals surface area contributed by atoms with Crippen LogP contribution in [-0.2, 0) is 19.5 Å². The fourth-order valence-corrected chi connectivity index (χ4v) is 2.96. The van der Waals surface area contributed by atoms with Gasteiger partial charge < -0.3 is 5.32 Å². The van der Waals surface area contributed by atoms with Gasteiger partial charge in [-0.15, -0.1) is 0 Å². The van der Waals surface area contributed by atoms with Crippen molar-refractivity contribution >= 4 is 29.0 Å². The van der Waals surface area contributed by atoms with Gasteiger partial charge in [-0.25, -0.2) is 0 Å². The van der Waals surface area contributed by atoms with Gasteiger partial charge in [-0.1, -0.05) is 41.4 Å². The number of hydrogen-bond acceptors (Lipinski definition) is 2. The number of benzene rings is 2. The van der Waals surface area contributed by atoms with Crippen LogP contribution in [0.2, 0.25) is 10.0 Å². The van der Waals surface area contributed by atoms with Crippen molar-refractivity contribution in [2.75, 3.05) is 0 Å². The maximum atomic E-state index is 12.4. The number of hydrogen-bond donors (Lipinski definition) is 1. The van der Waals surface area contributed by atoms with Crippen LogP contribution in [0.4, 0.5) is 0 Å². The summed E-state index contributed by atoms with van der Waals surface area (Å²) in [6, 6.07) is 11.1. The van der Waals surface area contributed by atoms with Crippen LogP contribution in [0.25, 0.3) is 0 Å². The predicted octanol–water partition coefficient (Wildman–Crippen LogP) is 4.02. The van der Waals surface area contributed by atoms with Gasteiger partial charge in [0.2, 0.25) is 0 Å². The Kier molecular flexibility index (Phi) is 3.79. The van der Waals surface area contributed by atoms with Gasteiger partial charge in [0.05, 0.1) is 0 Å². The van der Waals surface area contributed by atoms with Crippen molar-refractivity contribution in [3.8, 4) is 0 Å². The first-order valence-corrected chi connectivity index (χ1v) is 7.19. The summed E-state index contributed by atoms with van der Waals surface area (Å²) in [4.78, 5) is 12.4. The second kappa shape index (κ2) is 5.57. The molecule has 1 N–H and O–H groups in total. The highest BCUT2D eigenvalue weighted by Gasteiger charge is 2.16. The van der Waals surface area contributed by atoms with Gasteiger partial charge in [0.15, 0.2) is 5.78 Å². The van der Waals surface area contributed by atoms with Crippen LogP contribution in [0.5, 0.6) is 0 Å². The van der Waals surface area contributed by atoms with Crippen molar-refractivity contribution < 1.29 is 4.79 Å². The van der Waals surface area contributed by atoms with E-state index in [9.17, 15) is 4.79 Å². The molecule has 20 heavy (non-hydrogen) atoms. The summed E-state index contributed by atoms with van der Waals surface area (Å²) in [5.74, 6) is 0.0368. The van der Waals surface area contributed by atoms with Crippen molar-refractivity contribution in [3.05, 3.63) is 68.7 Å². The minimum atomic E-state index is 0.0368. The fraction of sp³-hybridized carbons (Fsp3) is 0.188. The second-order valence-corrected chi connectivity index (χ2v) is 5.70. The number of carbonyl (C=O) groups excluding carboxylic acids is 1. The lowest BCUT2D eigenvalue weighted by molar-refractivity contribution is 0.0993. The van der Waals surface area contributed by atoms with E-state index in [0.29, 0.717) is 21.2 Å². The van der Waals surface area contributed by atoms with Gasteiger partial charge in [0.25, 0.3) is 0 Å². The molecule has 2 aromatic rings. The lowest BCUT2D eigenvalue weighted by Crippen LogP contribution is -2.05. The predicted molar refractivity (Wildman–Crippen MR) is 81.5 cm³/mol. The third-order valence-electron chi connectivity index (χ3n) is 3.56. The Balaban J connectivity index is 1.86. The highest BCUT2D eigenvalue weighted by atomic mass is 35.5. The molecule has 0 bridgehead atoms. The summed E-state index contributed by atoms with van der Waals surface area (Å²) in [5.41, 5.74) is 3.86. The molecule has 0 fully saturated rings. The van der Waals surface area contributed by atoms with Crippen molar-refractivity contribution in [1.29, 1.82) is 0 Å². The lowest BCUT2D eigenvalue weighted by atomic mass is 9.99. The Morgan fingerprint density at radius 3 is 2.50 bits per heavy atom. The van der Waals surface area contributed by atoms with Crippen LogP contribution < -0.4 is 5.32 Å². The molecular formula is C16H13Cl2NO. The Labute approximate surface area is 127 Å². The number of halogens is 2. The maximum absolute atomic E-state index is 12.4. The van der Waals surface area contributed by atoms with Gasteiger partial charge >= 0.3 is 0 Å². The average Bonchev–Trinajstić information content (AvgIpc) is 2.90. The molecule has 0 saturated heterocycles.